The van der Waals surface area contributed by atoms with Crippen molar-refractivity contribution < 1.29 is 0 Å². The van der Waals surface area contributed by atoms with Crippen LogP contribution in [0.4, 0.5) is 17.5 Å². The third kappa shape index (κ3) is 4.95. The molecule has 0 spiro atoms. The van der Waals surface area contributed by atoms with E-state index in [9.17, 15) is 0 Å². The van der Waals surface area contributed by atoms with Crippen molar-refractivity contribution in [1.82, 2.24) is 9.97 Å². The van der Waals surface area contributed by atoms with E-state index in [0.717, 1.165) is 30.2 Å². The van der Waals surface area contributed by atoms with E-state index in [2.05, 4.69) is 67.4 Å². The molecule has 0 aliphatic rings. The van der Waals surface area contributed by atoms with Gasteiger partial charge in [-0.05, 0) is 51.2 Å². The maximum absolute atomic E-state index is 4.60. The zero-order valence-electron chi connectivity index (χ0n) is 15.1. The van der Waals surface area contributed by atoms with Gasteiger partial charge in [0.1, 0.15) is 5.82 Å². The van der Waals surface area contributed by atoms with Gasteiger partial charge in [0.15, 0.2) is 0 Å². The van der Waals surface area contributed by atoms with Crippen molar-refractivity contribution in [2.45, 2.75) is 48.0 Å². The number of nitrogens with one attached hydrogen (secondary N) is 2. The average molecular weight is 312 g/mol. The molecule has 4 nitrogen and oxygen atoms in total. The fourth-order valence-electron chi connectivity index (χ4n) is 2.69. The molecule has 0 unspecified atom stereocenters. The lowest BCUT2D eigenvalue weighted by Gasteiger charge is -2.15. The Labute approximate surface area is 139 Å². The van der Waals surface area contributed by atoms with E-state index < -0.39 is 0 Å². The number of aromatic nitrogens is 2. The first-order valence-corrected chi connectivity index (χ1v) is 8.29. The minimum absolute atomic E-state index is 0.669. The van der Waals surface area contributed by atoms with Gasteiger partial charge >= 0.3 is 0 Å². The first kappa shape index (κ1) is 17.3. The van der Waals surface area contributed by atoms with Crippen molar-refractivity contribution in [3.63, 3.8) is 0 Å². The van der Waals surface area contributed by atoms with Crippen LogP contribution in [-0.4, -0.2) is 16.5 Å². The third-order valence-corrected chi connectivity index (χ3v) is 3.79. The molecule has 2 aromatic rings. The third-order valence-electron chi connectivity index (χ3n) is 3.79. The standard InChI is InChI=1S/C19H28N4/c1-12(2)7-8-20-19-21-16(6)11-17(23-19)22-18-14(4)9-13(3)10-15(18)5/h9-12H,7-8H2,1-6H3,(H2,20,21,22,23). The van der Waals surface area contributed by atoms with E-state index in [0.29, 0.717) is 11.9 Å². The maximum Gasteiger partial charge on any atom is 0.224 e. The summed E-state index contributed by atoms with van der Waals surface area (Å²) in [5, 5.41) is 6.78. The van der Waals surface area contributed by atoms with Gasteiger partial charge < -0.3 is 10.6 Å². The number of nitrogens with zero attached hydrogens (tertiary/aromatic N) is 2. The van der Waals surface area contributed by atoms with Crippen LogP contribution in [-0.2, 0) is 0 Å². The Hall–Kier alpha value is -2.10. The summed E-state index contributed by atoms with van der Waals surface area (Å²) in [5.74, 6) is 2.19. The molecule has 2 rings (SSSR count). The number of hydrogen-bond acceptors (Lipinski definition) is 4. The molecule has 0 radical (unpaired) electrons. The number of benzene rings is 1. The lowest BCUT2D eigenvalue weighted by Crippen LogP contribution is -2.09. The molecule has 4 heteroatoms. The summed E-state index contributed by atoms with van der Waals surface area (Å²) in [7, 11) is 0. The van der Waals surface area contributed by atoms with Crippen molar-refractivity contribution in [2.75, 3.05) is 17.2 Å². The number of rotatable bonds is 6. The highest BCUT2D eigenvalue weighted by Crippen LogP contribution is 2.25. The highest BCUT2D eigenvalue weighted by Gasteiger charge is 2.07. The molecule has 0 bridgehead atoms. The van der Waals surface area contributed by atoms with E-state index in [1.165, 1.54) is 16.7 Å². The normalized spacial score (nSPS) is 10.9. The average Bonchev–Trinajstić information content (AvgIpc) is 2.42. The number of hydrogen-bond donors (Lipinski definition) is 2. The van der Waals surface area contributed by atoms with Crippen LogP contribution in [0.25, 0.3) is 0 Å². The molecule has 1 aromatic heterocycles. The van der Waals surface area contributed by atoms with E-state index >= 15 is 0 Å². The molecule has 124 valence electrons. The zero-order chi connectivity index (χ0) is 17.0. The van der Waals surface area contributed by atoms with Crippen molar-refractivity contribution >= 4 is 17.5 Å². The Morgan fingerprint density at radius 2 is 1.61 bits per heavy atom. The van der Waals surface area contributed by atoms with E-state index in [-0.39, 0.29) is 0 Å². The summed E-state index contributed by atoms with van der Waals surface area (Å²) in [6.07, 6.45) is 1.11. The molecule has 0 aliphatic carbocycles. The van der Waals surface area contributed by atoms with Crippen molar-refractivity contribution in [3.05, 3.63) is 40.6 Å². The fourth-order valence-corrected chi connectivity index (χ4v) is 2.69. The smallest absolute Gasteiger partial charge is 0.224 e. The second kappa shape index (κ2) is 7.44. The lowest BCUT2D eigenvalue weighted by atomic mass is 10.1. The first-order chi connectivity index (χ1) is 10.8. The molecule has 0 aliphatic heterocycles. The molecule has 0 amide bonds. The summed E-state index contributed by atoms with van der Waals surface area (Å²) < 4.78 is 0. The summed E-state index contributed by atoms with van der Waals surface area (Å²) in [5.41, 5.74) is 5.82. The van der Waals surface area contributed by atoms with E-state index in [1.807, 2.05) is 13.0 Å². The number of aryl methyl sites for hydroxylation is 4. The zero-order valence-corrected chi connectivity index (χ0v) is 15.1. The summed E-state index contributed by atoms with van der Waals surface area (Å²) in [6.45, 7) is 13.7. The van der Waals surface area contributed by atoms with Crippen LogP contribution < -0.4 is 10.6 Å². The molecule has 1 aromatic carbocycles. The highest BCUT2D eigenvalue weighted by atomic mass is 15.1. The van der Waals surface area contributed by atoms with Gasteiger partial charge in [-0.15, -0.1) is 0 Å². The predicted octanol–water partition coefficient (Wildman–Crippen LogP) is 4.91. The van der Waals surface area contributed by atoms with Gasteiger partial charge in [-0.1, -0.05) is 31.5 Å². The summed E-state index contributed by atoms with van der Waals surface area (Å²) in [6, 6.07) is 6.35. The quantitative estimate of drug-likeness (QED) is 0.795. The second-order valence-electron chi connectivity index (χ2n) is 6.73. The van der Waals surface area contributed by atoms with E-state index in [1.54, 1.807) is 0 Å². The highest BCUT2D eigenvalue weighted by molar-refractivity contribution is 5.65. The maximum atomic E-state index is 4.60. The molecule has 0 fully saturated rings. The molecular formula is C19H28N4. The molecule has 23 heavy (non-hydrogen) atoms. The molecule has 0 saturated carbocycles. The molecule has 2 N–H and O–H groups in total. The monoisotopic (exact) mass is 312 g/mol. The van der Waals surface area contributed by atoms with Crippen LogP contribution >= 0.6 is 0 Å². The van der Waals surface area contributed by atoms with Gasteiger partial charge in [0.25, 0.3) is 0 Å². The molecule has 0 saturated heterocycles. The number of anilines is 3. The second-order valence-corrected chi connectivity index (χ2v) is 6.73. The van der Waals surface area contributed by atoms with Crippen molar-refractivity contribution in [1.29, 1.82) is 0 Å². The Bertz CT molecular complexity index is 654. The van der Waals surface area contributed by atoms with Gasteiger partial charge in [0, 0.05) is 24.0 Å². The molecule has 1 heterocycles. The van der Waals surface area contributed by atoms with Crippen LogP contribution in [0.3, 0.4) is 0 Å². The van der Waals surface area contributed by atoms with Gasteiger partial charge in [0.2, 0.25) is 5.95 Å². The predicted molar refractivity (Wildman–Crippen MR) is 98.6 cm³/mol. The Balaban J connectivity index is 2.19. The van der Waals surface area contributed by atoms with Crippen LogP contribution in [0.5, 0.6) is 0 Å². The van der Waals surface area contributed by atoms with Crippen LogP contribution in [0.1, 0.15) is 42.7 Å². The van der Waals surface area contributed by atoms with Crippen LogP contribution in [0.15, 0.2) is 18.2 Å². The van der Waals surface area contributed by atoms with Crippen LogP contribution in [0.2, 0.25) is 0 Å². The van der Waals surface area contributed by atoms with Gasteiger partial charge in [-0.3, -0.25) is 0 Å². The van der Waals surface area contributed by atoms with Gasteiger partial charge in [0.05, 0.1) is 0 Å². The van der Waals surface area contributed by atoms with Gasteiger partial charge in [-0.2, -0.15) is 4.98 Å². The Morgan fingerprint density at radius 3 is 2.22 bits per heavy atom. The molecule has 0 atom stereocenters. The topological polar surface area (TPSA) is 49.8 Å². The fraction of sp³-hybridized carbons (Fsp3) is 0.474. The van der Waals surface area contributed by atoms with Crippen LogP contribution in [0, 0.1) is 33.6 Å². The largest absolute Gasteiger partial charge is 0.354 e. The van der Waals surface area contributed by atoms with E-state index in [4.69, 9.17) is 0 Å². The Kier molecular flexibility index (Phi) is 5.59. The molecular weight excluding hydrogens is 284 g/mol. The summed E-state index contributed by atoms with van der Waals surface area (Å²) >= 11 is 0. The Morgan fingerprint density at radius 1 is 0.957 bits per heavy atom. The lowest BCUT2D eigenvalue weighted by molar-refractivity contribution is 0.606. The minimum Gasteiger partial charge on any atom is -0.354 e. The first-order valence-electron chi connectivity index (χ1n) is 8.29. The SMILES string of the molecule is Cc1cc(C)c(Nc2cc(C)nc(NCCC(C)C)n2)c(C)c1. The van der Waals surface area contributed by atoms with Crippen molar-refractivity contribution in [2.24, 2.45) is 5.92 Å². The minimum atomic E-state index is 0.669. The van der Waals surface area contributed by atoms with Crippen molar-refractivity contribution in [3.8, 4) is 0 Å². The summed E-state index contributed by atoms with van der Waals surface area (Å²) in [4.78, 5) is 9.07. The van der Waals surface area contributed by atoms with Gasteiger partial charge in [-0.25, -0.2) is 4.98 Å².